The van der Waals surface area contributed by atoms with Crippen LogP contribution in [0.3, 0.4) is 0 Å². The highest BCUT2D eigenvalue weighted by molar-refractivity contribution is 5.74. The molecule has 156 valence electrons. The number of nitrogens with one attached hydrogen (secondary N) is 2. The zero-order valence-electron chi connectivity index (χ0n) is 17.6. The molecule has 0 spiro atoms. The van der Waals surface area contributed by atoms with Gasteiger partial charge in [0.15, 0.2) is 0 Å². The molecule has 7 nitrogen and oxygen atoms in total. The largest absolute Gasteiger partial charge is 0.444 e. The van der Waals surface area contributed by atoms with Crippen LogP contribution in [0.4, 0.5) is 9.59 Å². The van der Waals surface area contributed by atoms with Crippen LogP contribution in [-0.2, 0) is 4.74 Å². The second-order valence-electron chi connectivity index (χ2n) is 8.93. The van der Waals surface area contributed by atoms with Gasteiger partial charge in [-0.25, -0.2) is 9.59 Å². The second-order valence-corrected chi connectivity index (χ2v) is 8.93. The maximum atomic E-state index is 12.2. The van der Waals surface area contributed by atoms with Crippen molar-refractivity contribution in [1.82, 2.24) is 20.4 Å². The predicted molar refractivity (Wildman–Crippen MR) is 107 cm³/mol. The van der Waals surface area contributed by atoms with Crippen molar-refractivity contribution < 1.29 is 14.3 Å². The third-order valence-corrected chi connectivity index (χ3v) is 5.32. The molecule has 0 aromatic heterocycles. The number of ether oxygens (including phenoxy) is 1. The number of hydrogen-bond acceptors (Lipinski definition) is 4. The zero-order chi connectivity index (χ0) is 19.9. The minimum atomic E-state index is -0.513. The van der Waals surface area contributed by atoms with Crippen LogP contribution in [0.5, 0.6) is 0 Å². The van der Waals surface area contributed by atoms with Crippen LogP contribution in [0, 0.1) is 0 Å². The molecular formula is C20H38N4O3. The maximum Gasteiger partial charge on any atom is 0.410 e. The van der Waals surface area contributed by atoms with Crippen LogP contribution in [0.15, 0.2) is 0 Å². The molecule has 2 fully saturated rings. The minimum absolute atomic E-state index is 0.150. The molecule has 0 aromatic carbocycles. The average molecular weight is 383 g/mol. The standard InChI is InChI=1S/C20H38N4O3/c1-20(2,3)27-19(26)23(4)14-12-21-18(25)22-16-9-8-13-24(15-16)17-10-6-5-7-11-17/h16-17H,5-15H2,1-4H3,(H2,21,22,25). The molecule has 1 atom stereocenters. The smallest absolute Gasteiger partial charge is 0.410 e. The summed E-state index contributed by atoms with van der Waals surface area (Å²) in [5, 5.41) is 5.96. The van der Waals surface area contributed by atoms with Crippen LogP contribution in [0.2, 0.25) is 0 Å². The van der Waals surface area contributed by atoms with Crippen molar-refractivity contribution in [2.45, 2.75) is 83.4 Å². The Morgan fingerprint density at radius 3 is 2.48 bits per heavy atom. The van der Waals surface area contributed by atoms with Gasteiger partial charge in [0.2, 0.25) is 0 Å². The Morgan fingerprint density at radius 1 is 1.11 bits per heavy atom. The van der Waals surface area contributed by atoms with Crippen LogP contribution >= 0.6 is 0 Å². The summed E-state index contributed by atoms with van der Waals surface area (Å²) in [5.74, 6) is 0. The van der Waals surface area contributed by atoms with Crippen molar-refractivity contribution in [3.05, 3.63) is 0 Å². The van der Waals surface area contributed by atoms with Gasteiger partial charge in [0.25, 0.3) is 0 Å². The molecule has 1 aliphatic carbocycles. The van der Waals surface area contributed by atoms with Gasteiger partial charge in [-0.2, -0.15) is 0 Å². The maximum absolute atomic E-state index is 12.2. The normalized spacial score (nSPS) is 22.1. The summed E-state index contributed by atoms with van der Waals surface area (Å²) in [5.41, 5.74) is -0.513. The van der Waals surface area contributed by atoms with Gasteiger partial charge in [0.1, 0.15) is 5.60 Å². The van der Waals surface area contributed by atoms with E-state index in [9.17, 15) is 9.59 Å². The fourth-order valence-electron chi connectivity index (χ4n) is 3.91. The van der Waals surface area contributed by atoms with Crippen LogP contribution < -0.4 is 10.6 Å². The van der Waals surface area contributed by atoms with E-state index in [0.29, 0.717) is 19.1 Å². The lowest BCUT2D eigenvalue weighted by Gasteiger charge is -2.40. The molecule has 3 amide bonds. The number of carbonyl (C=O) groups excluding carboxylic acids is 2. The van der Waals surface area contributed by atoms with E-state index in [2.05, 4.69) is 15.5 Å². The van der Waals surface area contributed by atoms with Crippen LogP contribution in [0.25, 0.3) is 0 Å². The van der Waals surface area contributed by atoms with E-state index < -0.39 is 5.60 Å². The summed E-state index contributed by atoms with van der Waals surface area (Å²) < 4.78 is 5.30. The number of piperidine rings is 1. The molecule has 1 aliphatic heterocycles. The number of urea groups is 1. The Bertz CT molecular complexity index is 486. The van der Waals surface area contributed by atoms with Crippen LogP contribution in [0.1, 0.15) is 65.7 Å². The van der Waals surface area contributed by atoms with E-state index in [4.69, 9.17) is 4.74 Å². The number of likely N-dealkylation sites (tertiary alicyclic amines) is 1. The summed E-state index contributed by atoms with van der Waals surface area (Å²) in [7, 11) is 1.68. The summed E-state index contributed by atoms with van der Waals surface area (Å²) in [6, 6.07) is 0.765. The van der Waals surface area contributed by atoms with E-state index in [0.717, 1.165) is 25.9 Å². The lowest BCUT2D eigenvalue weighted by Crippen LogP contribution is -2.53. The lowest BCUT2D eigenvalue weighted by molar-refractivity contribution is 0.0301. The van der Waals surface area contributed by atoms with Gasteiger partial charge in [-0.15, -0.1) is 0 Å². The number of nitrogens with zero attached hydrogens (tertiary/aromatic N) is 2. The Labute approximate surface area is 164 Å². The minimum Gasteiger partial charge on any atom is -0.444 e. The molecule has 1 saturated heterocycles. The summed E-state index contributed by atoms with van der Waals surface area (Å²) in [6.07, 6.45) is 8.45. The molecule has 2 aliphatic rings. The van der Waals surface area contributed by atoms with Gasteiger partial charge in [-0.05, 0) is 53.0 Å². The quantitative estimate of drug-likeness (QED) is 0.767. The Morgan fingerprint density at radius 2 is 1.81 bits per heavy atom. The molecule has 27 heavy (non-hydrogen) atoms. The van der Waals surface area contributed by atoms with E-state index in [-0.39, 0.29) is 18.2 Å². The Balaban J connectivity index is 1.65. The Kier molecular flexibility index (Phi) is 8.20. The fraction of sp³-hybridized carbons (Fsp3) is 0.900. The van der Waals surface area contributed by atoms with Crippen molar-refractivity contribution in [1.29, 1.82) is 0 Å². The van der Waals surface area contributed by atoms with Crippen molar-refractivity contribution >= 4 is 12.1 Å². The first kappa shape index (κ1) is 21.8. The average Bonchev–Trinajstić information content (AvgIpc) is 2.61. The number of hydrogen-bond donors (Lipinski definition) is 2. The van der Waals surface area contributed by atoms with Crippen molar-refractivity contribution in [3.63, 3.8) is 0 Å². The monoisotopic (exact) mass is 382 g/mol. The van der Waals surface area contributed by atoms with Crippen molar-refractivity contribution in [3.8, 4) is 0 Å². The van der Waals surface area contributed by atoms with Gasteiger partial charge in [-0.3, -0.25) is 4.90 Å². The second kappa shape index (κ2) is 10.2. The molecule has 0 radical (unpaired) electrons. The number of likely N-dealkylation sites (N-methyl/N-ethyl adjacent to an activating group) is 1. The van der Waals surface area contributed by atoms with E-state index >= 15 is 0 Å². The molecule has 2 N–H and O–H groups in total. The highest BCUT2D eigenvalue weighted by atomic mass is 16.6. The highest BCUT2D eigenvalue weighted by Gasteiger charge is 2.27. The molecule has 1 saturated carbocycles. The number of carbonyl (C=O) groups is 2. The molecule has 7 heteroatoms. The molecule has 2 rings (SSSR count). The van der Waals surface area contributed by atoms with Gasteiger partial charge >= 0.3 is 12.1 Å². The SMILES string of the molecule is CN(CCNC(=O)NC1CCCN(C2CCCCC2)C1)C(=O)OC(C)(C)C. The highest BCUT2D eigenvalue weighted by Crippen LogP contribution is 2.25. The predicted octanol–water partition coefficient (Wildman–Crippen LogP) is 2.95. The van der Waals surface area contributed by atoms with Gasteiger partial charge in [0.05, 0.1) is 0 Å². The van der Waals surface area contributed by atoms with E-state index in [1.807, 2.05) is 20.8 Å². The first-order chi connectivity index (χ1) is 12.7. The number of amides is 3. The van der Waals surface area contributed by atoms with Crippen molar-refractivity contribution in [2.24, 2.45) is 0 Å². The first-order valence-electron chi connectivity index (χ1n) is 10.5. The summed E-state index contributed by atoms with van der Waals surface area (Å²) in [6.45, 7) is 8.45. The topological polar surface area (TPSA) is 73.9 Å². The lowest BCUT2D eigenvalue weighted by atomic mass is 9.92. The van der Waals surface area contributed by atoms with Crippen molar-refractivity contribution in [2.75, 3.05) is 33.2 Å². The fourth-order valence-corrected chi connectivity index (χ4v) is 3.91. The molecule has 1 heterocycles. The summed E-state index contributed by atoms with van der Waals surface area (Å²) in [4.78, 5) is 28.2. The third kappa shape index (κ3) is 7.95. The van der Waals surface area contributed by atoms with Crippen LogP contribution in [-0.4, -0.2) is 72.8 Å². The van der Waals surface area contributed by atoms with Gasteiger partial charge < -0.3 is 20.3 Å². The third-order valence-electron chi connectivity index (χ3n) is 5.32. The molecule has 1 unspecified atom stereocenters. The molecule has 0 aromatic rings. The first-order valence-corrected chi connectivity index (χ1v) is 10.5. The number of rotatable bonds is 5. The molecule has 0 bridgehead atoms. The van der Waals surface area contributed by atoms with E-state index in [1.165, 1.54) is 37.0 Å². The zero-order valence-corrected chi connectivity index (χ0v) is 17.6. The Hall–Kier alpha value is -1.50. The van der Waals surface area contributed by atoms with Gasteiger partial charge in [0, 0.05) is 38.8 Å². The summed E-state index contributed by atoms with van der Waals surface area (Å²) >= 11 is 0. The molecular weight excluding hydrogens is 344 g/mol. The van der Waals surface area contributed by atoms with Gasteiger partial charge in [-0.1, -0.05) is 19.3 Å². The van der Waals surface area contributed by atoms with E-state index in [1.54, 1.807) is 7.05 Å².